The Morgan fingerprint density at radius 2 is 0.838 bits per heavy atom. The van der Waals surface area contributed by atoms with Gasteiger partial charge in [-0.25, -0.2) is 0 Å². The zero-order valence-corrected chi connectivity index (χ0v) is 63.7. The molecule has 8 unspecified atom stereocenters. The molecule has 35 atom stereocenters. The van der Waals surface area contributed by atoms with Crippen molar-refractivity contribution in [1.82, 2.24) is 9.80 Å². The van der Waals surface area contributed by atoms with Crippen LogP contribution in [0.2, 0.25) is 0 Å². The highest BCUT2D eigenvalue weighted by Crippen LogP contribution is 2.43. The molecule has 0 bridgehead atoms. The van der Waals surface area contributed by atoms with Crippen LogP contribution in [0.5, 0.6) is 0 Å². The van der Waals surface area contributed by atoms with Crippen molar-refractivity contribution >= 4 is 23.5 Å². The fraction of sp³-hybridized carbons (Fsp3) is 0.944. The number of ether oxygens (including phenoxy) is 12. The molecule has 6 aliphatic rings. The molecule has 6 rings (SSSR count). The van der Waals surface area contributed by atoms with E-state index in [-0.39, 0.29) is 68.6 Å². The minimum Gasteiger partial charge on any atom is -0.462 e. The molecule has 6 heterocycles. The van der Waals surface area contributed by atoms with Gasteiger partial charge >= 0.3 is 11.9 Å². The van der Waals surface area contributed by atoms with Gasteiger partial charge in [0.2, 0.25) is 0 Å². The molecule has 0 aliphatic carbocycles. The first-order valence-electron chi connectivity index (χ1n) is 36.1. The van der Waals surface area contributed by atoms with E-state index in [2.05, 4.69) is 0 Å². The highest BCUT2D eigenvalue weighted by Gasteiger charge is 2.55. The van der Waals surface area contributed by atoms with Crippen molar-refractivity contribution in [2.24, 2.45) is 47.3 Å². The summed E-state index contributed by atoms with van der Waals surface area (Å²) in [4.78, 5) is 58.9. The molecule has 0 amide bonds. The number of hydrogen-bond donors (Lipinski definition) is 9. The lowest BCUT2D eigenvalue weighted by atomic mass is 9.75. The lowest BCUT2D eigenvalue weighted by molar-refractivity contribution is -0.318. The van der Waals surface area contributed by atoms with Gasteiger partial charge in [0.1, 0.15) is 54.3 Å². The van der Waals surface area contributed by atoms with Gasteiger partial charge in [-0.1, -0.05) is 55.4 Å². The Balaban J connectivity index is 0.000000357. The van der Waals surface area contributed by atoms with Gasteiger partial charge in [0.05, 0.1) is 95.3 Å². The van der Waals surface area contributed by atoms with E-state index < -0.39 is 204 Å². The Kier molecular flexibility index (Phi) is 31.8. The number of aliphatic hydroxyl groups is 9. The number of aliphatic hydroxyl groups excluding tert-OH is 7. The van der Waals surface area contributed by atoms with Gasteiger partial charge in [-0.3, -0.25) is 19.2 Å². The molecule has 6 fully saturated rings. The number of ketones is 2. The monoisotopic (exact) mass is 1420 g/mol. The molecule has 578 valence electrons. The molecular weight excluding hydrogens is 1290 g/mol. The first-order chi connectivity index (χ1) is 45.8. The van der Waals surface area contributed by atoms with Gasteiger partial charge in [0.25, 0.3) is 0 Å². The Morgan fingerprint density at radius 1 is 0.465 bits per heavy atom. The lowest BCUT2D eigenvalue weighted by Crippen LogP contribution is -2.60. The number of likely N-dealkylation sites (N-methyl/N-ethyl adjacent to an activating group) is 2. The third-order valence-electron chi connectivity index (χ3n) is 22.7. The van der Waals surface area contributed by atoms with Gasteiger partial charge in [-0.2, -0.15) is 0 Å². The van der Waals surface area contributed by atoms with E-state index in [0.29, 0.717) is 19.3 Å². The number of esters is 2. The first-order valence-corrected chi connectivity index (χ1v) is 36.1. The summed E-state index contributed by atoms with van der Waals surface area (Å²) in [5.74, 6) is -8.86. The second kappa shape index (κ2) is 36.2. The minimum absolute atomic E-state index is 0.0406. The zero-order chi connectivity index (χ0) is 75.2. The molecule has 0 aromatic carbocycles. The maximum Gasteiger partial charge on any atom is 0.311 e. The van der Waals surface area contributed by atoms with Gasteiger partial charge in [0, 0.05) is 81.1 Å². The lowest BCUT2D eigenvalue weighted by Gasteiger charge is -2.49. The van der Waals surface area contributed by atoms with Gasteiger partial charge in [0.15, 0.2) is 25.2 Å². The van der Waals surface area contributed by atoms with E-state index >= 15 is 0 Å². The summed E-state index contributed by atoms with van der Waals surface area (Å²) in [7, 11) is 10.4. The Bertz CT molecular complexity index is 2550. The summed E-state index contributed by atoms with van der Waals surface area (Å²) in [5, 5.41) is 102. The van der Waals surface area contributed by atoms with Crippen LogP contribution in [0.3, 0.4) is 0 Å². The Morgan fingerprint density at radius 3 is 1.19 bits per heavy atom. The van der Waals surface area contributed by atoms with E-state index in [1.807, 2.05) is 58.8 Å². The predicted octanol–water partition coefficient (Wildman–Crippen LogP) is 3.82. The molecule has 0 radical (unpaired) electrons. The molecule has 0 aromatic heterocycles. The van der Waals surface area contributed by atoms with Crippen molar-refractivity contribution in [3.63, 3.8) is 0 Å². The van der Waals surface area contributed by atoms with Crippen LogP contribution in [0, 0.1) is 47.3 Å². The molecular formula is C72H130N2O25. The van der Waals surface area contributed by atoms with Crippen molar-refractivity contribution in [3.05, 3.63) is 0 Å². The highest BCUT2D eigenvalue weighted by atomic mass is 16.7. The third kappa shape index (κ3) is 20.9. The van der Waals surface area contributed by atoms with E-state index in [1.165, 1.54) is 28.1 Å². The molecule has 9 N–H and O–H groups in total. The van der Waals surface area contributed by atoms with Gasteiger partial charge in [-0.15, -0.1) is 0 Å². The number of carbonyl (C=O) groups excluding carboxylic acids is 4. The topological polar surface area (TPSA) is 368 Å². The fourth-order valence-electron chi connectivity index (χ4n) is 16.0. The molecule has 0 aromatic rings. The maximum atomic E-state index is 13.9. The first kappa shape index (κ1) is 87.1. The largest absolute Gasteiger partial charge is 0.462 e. The van der Waals surface area contributed by atoms with Crippen LogP contribution < -0.4 is 0 Å². The van der Waals surface area contributed by atoms with E-state index in [4.69, 9.17) is 56.8 Å². The SMILES string of the molecule is CC[C@@H]1C[C@H](O)[C@@H](C)C(=O)[C@H](C)C[C@@](C)(O)[C@H](OC2O[C@H](C)C[C@H](N(C)C)[C@H]2O)[C@@H](C)C(OC2C[C@@](C)(OC)C(O)[C@H](C)O2)[C@@H](C)C(=O)O1.CC[C@H]1OC(=O)[C@H](C)C(OC2C[C@@](C)(OC)C(O)[C@H](C)O2)[C@H](C)[C@@H](OC2O[C@H](C)C[C@H](N(C)C)[C@H]2O)[C@](C)(O)C[C@@H](C)C(=O)[C@H](C)[C@@H](O)[C@@H]1O. The number of nitrogens with zero attached hydrogens (tertiary/aromatic N) is 2. The number of rotatable bonds is 14. The summed E-state index contributed by atoms with van der Waals surface area (Å²) >= 11 is 0. The number of cyclic esters (lactones) is 2. The smallest absolute Gasteiger partial charge is 0.311 e. The number of methoxy groups -OCH3 is 2. The van der Waals surface area contributed by atoms with Crippen molar-refractivity contribution in [3.8, 4) is 0 Å². The van der Waals surface area contributed by atoms with Crippen LogP contribution >= 0.6 is 0 Å². The van der Waals surface area contributed by atoms with Crippen LogP contribution in [0.4, 0.5) is 0 Å². The van der Waals surface area contributed by atoms with E-state index in [9.17, 15) is 65.1 Å². The van der Waals surface area contributed by atoms with Gasteiger partial charge in [-0.05, 0) is 136 Å². The quantitative estimate of drug-likeness (QED) is 0.112. The highest BCUT2D eigenvalue weighted by molar-refractivity contribution is 5.84. The molecule has 99 heavy (non-hydrogen) atoms. The number of Topliss-reactive ketones (excluding diaryl/α,β-unsaturated/α-hetero) is 2. The molecule has 0 spiro atoms. The number of hydrogen-bond acceptors (Lipinski definition) is 27. The second-order valence-electron chi connectivity index (χ2n) is 31.6. The molecule has 6 saturated heterocycles. The van der Waals surface area contributed by atoms with Crippen molar-refractivity contribution in [1.29, 1.82) is 0 Å². The third-order valence-corrected chi connectivity index (χ3v) is 22.7. The van der Waals surface area contributed by atoms with E-state index in [0.717, 1.165) is 0 Å². The molecule has 0 saturated carbocycles. The summed E-state index contributed by atoms with van der Waals surface area (Å²) in [6.07, 6.45) is -18.8. The Labute approximate surface area is 588 Å². The molecule has 6 aliphatic heterocycles. The standard InChI is InChI=1S/C36H65NO13.C36H65NO12/c1-13-24-29(41)27(39)19(4)26(38)17(2)15-35(8,44)32(50-34-28(40)23(37(10)11)14-18(3)46-34)20(5)30(21(6)33(43)48-24)49-25-16-36(9,45-12)31(42)22(7)47-25;1-13-24-15-26(38)20(4)28(39)18(2)16-35(8,43)32(49-34-29(40)25(37(10)11)14-19(3)45-34)21(5)30(22(6)33(42)47-24)48-27-17-36(9,44-12)31(41)23(7)46-27/h17-25,27-32,34,39-42,44H,13-16H2,1-12H3;18-27,29-32,34,38,40-41,43H,13-17H2,1-12H3/t17-,18-,19+,20+,21-,22+,23+,24-,25?,27-,28-,29-,30?,31?,32-,34?,35-,36-;18-,19-,20-,21+,22-,23+,24-,25+,26+,27?,29-,30?,31?,32-,34?,35-,36-/m11/s1. The maximum absolute atomic E-state index is 13.9. The summed E-state index contributed by atoms with van der Waals surface area (Å²) in [6.45, 7) is 30.6. The van der Waals surface area contributed by atoms with Crippen LogP contribution in [0.25, 0.3) is 0 Å². The van der Waals surface area contributed by atoms with Crippen LogP contribution in [-0.2, 0) is 76.0 Å². The normalized spacial score (nSPS) is 48.6. The van der Waals surface area contributed by atoms with Crippen LogP contribution in [0.1, 0.15) is 182 Å². The van der Waals surface area contributed by atoms with Crippen molar-refractivity contribution in [2.45, 2.75) is 346 Å². The molecule has 27 nitrogen and oxygen atoms in total. The minimum atomic E-state index is -1.78. The second-order valence-corrected chi connectivity index (χ2v) is 31.6. The average Bonchev–Trinajstić information content (AvgIpc) is 0.800. The fourth-order valence-corrected chi connectivity index (χ4v) is 16.0. The van der Waals surface area contributed by atoms with Crippen molar-refractivity contribution in [2.75, 3.05) is 42.4 Å². The summed E-state index contributed by atoms with van der Waals surface area (Å²) < 4.78 is 74.0. The van der Waals surface area contributed by atoms with Crippen LogP contribution in [-0.4, -0.2) is 285 Å². The Hall–Kier alpha value is -2.56. The summed E-state index contributed by atoms with van der Waals surface area (Å²) in [6, 6.07) is -0.614. The van der Waals surface area contributed by atoms with Crippen LogP contribution in [0.15, 0.2) is 0 Å². The van der Waals surface area contributed by atoms with E-state index in [1.54, 1.807) is 90.0 Å². The van der Waals surface area contributed by atoms with Gasteiger partial charge < -0.3 is 113 Å². The molecule has 27 heteroatoms. The predicted molar refractivity (Wildman–Crippen MR) is 362 cm³/mol. The van der Waals surface area contributed by atoms with Crippen molar-refractivity contribution < 1.29 is 122 Å². The summed E-state index contributed by atoms with van der Waals surface area (Å²) in [5.41, 5.74) is -5.55. The average molecular weight is 1420 g/mol. The zero-order valence-electron chi connectivity index (χ0n) is 63.7. The number of carbonyl (C=O) groups is 4.